The predicted octanol–water partition coefficient (Wildman–Crippen LogP) is 4.80. The van der Waals surface area contributed by atoms with Crippen molar-refractivity contribution in [3.8, 4) is 0 Å². The van der Waals surface area contributed by atoms with Crippen molar-refractivity contribution in [1.82, 2.24) is 0 Å². The first-order valence-corrected chi connectivity index (χ1v) is 8.25. The van der Waals surface area contributed by atoms with Crippen LogP contribution >= 0.6 is 9.12 Å². The molecule has 1 atom stereocenters. The van der Waals surface area contributed by atoms with Gasteiger partial charge < -0.3 is 4.74 Å². The minimum absolute atomic E-state index is 0.218. The Morgan fingerprint density at radius 1 is 0.889 bits per heavy atom. The van der Waals surface area contributed by atoms with Crippen LogP contribution in [0.5, 0.6) is 0 Å². The molecule has 8 heteroatoms. The third kappa shape index (κ3) is 4.61. The topological polar surface area (TPSA) is 60.4 Å². The molecule has 0 aliphatic rings. The van der Waals surface area contributed by atoms with Crippen LogP contribution in [0.4, 0.5) is 13.2 Å². The third-order valence-corrected chi connectivity index (χ3v) is 3.66. The lowest BCUT2D eigenvalue weighted by Crippen LogP contribution is -2.56. The van der Waals surface area contributed by atoms with Gasteiger partial charge in [0.2, 0.25) is 5.41 Å². The normalized spacial score (nSPS) is 13.1. The first-order chi connectivity index (χ1) is 12.7. The van der Waals surface area contributed by atoms with Crippen molar-refractivity contribution in [1.29, 1.82) is 0 Å². The van der Waals surface area contributed by atoms with E-state index in [-0.39, 0.29) is 5.56 Å². The second kappa shape index (κ2) is 9.42. The van der Waals surface area contributed by atoms with Gasteiger partial charge in [0.15, 0.2) is 5.78 Å². The Hall–Kier alpha value is -2.53. The average molecular weight is 398 g/mol. The average Bonchev–Trinajstić information content (AvgIpc) is 2.63. The monoisotopic (exact) mass is 398 g/mol. The molecular weight excluding hydrogens is 380 g/mol. The molecule has 144 valence electrons. The van der Waals surface area contributed by atoms with Gasteiger partial charge in [-0.2, -0.15) is 13.2 Å². The van der Waals surface area contributed by atoms with Crippen LogP contribution in [0, 0.1) is 0 Å². The van der Waals surface area contributed by atoms with Crippen LogP contribution in [0.2, 0.25) is 0 Å². The highest BCUT2D eigenvalue weighted by Crippen LogP contribution is 2.45. The van der Waals surface area contributed by atoms with E-state index < -0.39 is 35.0 Å². The number of carbonyl (C=O) groups excluding carboxylic acids is 2. The lowest BCUT2D eigenvalue weighted by molar-refractivity contribution is -0.200. The molecular formula is C19H18F3O4P. The lowest BCUT2D eigenvalue weighted by Gasteiger charge is -2.33. The smallest absolute Gasteiger partial charge is 0.416 e. The van der Waals surface area contributed by atoms with E-state index in [9.17, 15) is 22.8 Å². The Morgan fingerprint density at radius 2 is 1.33 bits per heavy atom. The van der Waals surface area contributed by atoms with Crippen LogP contribution < -0.4 is 0 Å². The number of halogens is 3. The maximum Gasteiger partial charge on any atom is 0.416 e. The van der Waals surface area contributed by atoms with E-state index in [1.807, 2.05) is 0 Å². The highest BCUT2D eigenvalue weighted by atomic mass is 31.0. The predicted molar refractivity (Wildman–Crippen MR) is 95.2 cm³/mol. The number of ketones is 1. The van der Waals surface area contributed by atoms with Crippen molar-refractivity contribution in [2.45, 2.75) is 31.5 Å². The Kier molecular flexibility index (Phi) is 7.85. The largest absolute Gasteiger partial charge is 0.462 e. The van der Waals surface area contributed by atoms with Crippen molar-refractivity contribution >= 4 is 20.9 Å². The summed E-state index contributed by atoms with van der Waals surface area (Å²) in [5.41, 5.74) is -4.11. The molecule has 0 saturated heterocycles. The number of carbonyl (C=O) groups is 2. The van der Waals surface area contributed by atoms with Crippen molar-refractivity contribution in [3.63, 3.8) is 0 Å². The molecule has 0 aliphatic heterocycles. The molecule has 2 rings (SSSR count). The summed E-state index contributed by atoms with van der Waals surface area (Å²) in [5.74, 6) is -2.99. The zero-order chi connectivity index (χ0) is 20.7. The Labute approximate surface area is 157 Å². The first kappa shape index (κ1) is 22.5. The van der Waals surface area contributed by atoms with Crippen molar-refractivity contribution in [2.75, 3.05) is 0 Å². The number of benzene rings is 2. The standard InChI is InChI=1S/C19H17F3O3.HOP/c1-13(2)25-17(24)18(19(20,21)22,15-11-7-4-8-12-15)16(23)14-9-5-3-6-10-14;1-2/h3-13H,1-2H3;2H. The zero-order valence-corrected chi connectivity index (χ0v) is 15.6. The molecule has 2 aromatic rings. The SMILES string of the molecule is CC(C)OC(=O)C(C(=O)c1ccccc1)(c1ccccc1)C(F)(F)F.O=P. The van der Waals surface area contributed by atoms with Gasteiger partial charge in [-0.05, 0) is 19.4 Å². The zero-order valence-electron chi connectivity index (χ0n) is 14.6. The summed E-state index contributed by atoms with van der Waals surface area (Å²) in [4.78, 5) is 25.5. The lowest BCUT2D eigenvalue weighted by atomic mass is 9.73. The molecule has 0 aliphatic carbocycles. The summed E-state index contributed by atoms with van der Waals surface area (Å²) in [6.45, 7) is 2.86. The third-order valence-electron chi connectivity index (χ3n) is 3.66. The summed E-state index contributed by atoms with van der Waals surface area (Å²) < 4.78 is 55.4. The highest BCUT2D eigenvalue weighted by molar-refractivity contribution is 7.00. The van der Waals surface area contributed by atoms with Crippen LogP contribution in [-0.2, 0) is 19.5 Å². The molecule has 0 bridgehead atoms. The second-order valence-electron chi connectivity index (χ2n) is 5.76. The molecule has 0 heterocycles. The van der Waals surface area contributed by atoms with Gasteiger partial charge in [-0.3, -0.25) is 14.2 Å². The van der Waals surface area contributed by atoms with E-state index in [2.05, 4.69) is 0 Å². The van der Waals surface area contributed by atoms with Gasteiger partial charge in [0, 0.05) is 5.56 Å². The molecule has 2 aromatic carbocycles. The summed E-state index contributed by atoms with van der Waals surface area (Å²) in [6.07, 6.45) is -5.98. The van der Waals surface area contributed by atoms with Crippen LogP contribution in [0.1, 0.15) is 29.8 Å². The maximum absolute atomic E-state index is 14.2. The fourth-order valence-corrected chi connectivity index (χ4v) is 2.55. The van der Waals surface area contributed by atoms with Gasteiger partial charge in [0.1, 0.15) is 9.12 Å². The maximum atomic E-state index is 14.2. The molecule has 4 nitrogen and oxygen atoms in total. The van der Waals surface area contributed by atoms with Crippen LogP contribution in [0.15, 0.2) is 60.7 Å². The number of hydrogen-bond acceptors (Lipinski definition) is 4. The van der Waals surface area contributed by atoms with Crippen molar-refractivity contribution in [2.24, 2.45) is 0 Å². The van der Waals surface area contributed by atoms with Gasteiger partial charge in [-0.1, -0.05) is 60.7 Å². The minimum atomic E-state index is -5.17. The second-order valence-corrected chi connectivity index (χ2v) is 5.76. The van der Waals surface area contributed by atoms with Gasteiger partial charge in [0.25, 0.3) is 0 Å². The summed E-state index contributed by atoms with van der Waals surface area (Å²) in [5, 5.41) is 0. The molecule has 27 heavy (non-hydrogen) atoms. The van der Waals surface area contributed by atoms with Gasteiger partial charge in [-0.25, -0.2) is 0 Å². The van der Waals surface area contributed by atoms with Crippen molar-refractivity contribution < 1.29 is 32.1 Å². The number of Topliss-reactive ketones (excluding diaryl/α,β-unsaturated/α-hetero) is 1. The van der Waals surface area contributed by atoms with E-state index in [1.54, 1.807) is 15.2 Å². The van der Waals surface area contributed by atoms with E-state index in [0.717, 1.165) is 12.1 Å². The highest BCUT2D eigenvalue weighted by Gasteiger charge is 2.68. The summed E-state index contributed by atoms with van der Waals surface area (Å²) in [7, 11) is 1.72. The Balaban J connectivity index is 0.00000176. The molecule has 0 amide bonds. The fourth-order valence-electron chi connectivity index (χ4n) is 2.55. The molecule has 0 N–H and O–H groups in total. The Morgan fingerprint density at radius 3 is 1.74 bits per heavy atom. The van der Waals surface area contributed by atoms with Crippen molar-refractivity contribution in [3.05, 3.63) is 71.8 Å². The number of esters is 1. The van der Waals surface area contributed by atoms with Gasteiger partial charge in [-0.15, -0.1) is 0 Å². The molecule has 1 unspecified atom stereocenters. The van der Waals surface area contributed by atoms with Crippen LogP contribution in [0.3, 0.4) is 0 Å². The molecule has 0 fully saturated rings. The number of hydrogen-bond donors (Lipinski definition) is 0. The van der Waals surface area contributed by atoms with E-state index in [0.29, 0.717) is 0 Å². The summed E-state index contributed by atoms with van der Waals surface area (Å²) in [6, 6.07) is 13.3. The minimum Gasteiger partial charge on any atom is -0.462 e. The van der Waals surface area contributed by atoms with Gasteiger partial charge in [0.05, 0.1) is 6.10 Å². The molecule has 0 radical (unpaired) electrons. The summed E-state index contributed by atoms with van der Waals surface area (Å²) >= 11 is 0. The van der Waals surface area contributed by atoms with E-state index >= 15 is 0 Å². The van der Waals surface area contributed by atoms with E-state index in [1.165, 1.54) is 56.3 Å². The molecule has 0 saturated carbocycles. The number of alkyl halides is 3. The Bertz CT molecular complexity index is 764. The molecule has 0 spiro atoms. The number of ether oxygens (including phenoxy) is 1. The fraction of sp³-hybridized carbons (Fsp3) is 0.263. The number of rotatable bonds is 5. The van der Waals surface area contributed by atoms with Crippen LogP contribution in [0.25, 0.3) is 0 Å². The van der Waals surface area contributed by atoms with Gasteiger partial charge >= 0.3 is 12.1 Å². The van der Waals surface area contributed by atoms with Crippen LogP contribution in [-0.4, -0.2) is 24.0 Å². The first-order valence-electron chi connectivity index (χ1n) is 7.85. The molecule has 0 aromatic heterocycles. The van der Waals surface area contributed by atoms with E-state index in [4.69, 9.17) is 9.30 Å². The quantitative estimate of drug-likeness (QED) is 0.314.